The van der Waals surface area contributed by atoms with Crippen LogP contribution >= 0.6 is 11.8 Å². The first kappa shape index (κ1) is 18.2. The molecule has 1 aromatic heterocycles. The summed E-state index contributed by atoms with van der Waals surface area (Å²) >= 11 is 1.23. The van der Waals surface area contributed by atoms with Crippen molar-refractivity contribution in [3.05, 3.63) is 41.3 Å². The molecule has 3 rings (SSSR count). The largest absolute Gasteiger partial charge is 0.416 e. The molecule has 1 aliphatic heterocycles. The predicted molar refractivity (Wildman–Crippen MR) is 85.8 cm³/mol. The second kappa shape index (κ2) is 6.99. The first-order valence-corrected chi connectivity index (χ1v) is 10.3. The summed E-state index contributed by atoms with van der Waals surface area (Å²) in [5.74, 6) is 1.12. The van der Waals surface area contributed by atoms with Crippen LogP contribution in [0, 0.1) is 5.92 Å². The minimum absolute atomic E-state index is 0.00165. The molecule has 1 saturated heterocycles. The van der Waals surface area contributed by atoms with Crippen LogP contribution in [0.4, 0.5) is 13.2 Å². The van der Waals surface area contributed by atoms with Crippen LogP contribution < -0.4 is 0 Å². The minimum atomic E-state index is -4.35. The number of hydrogen-bond acceptors (Lipinski definition) is 6. The highest BCUT2D eigenvalue weighted by atomic mass is 32.2. The van der Waals surface area contributed by atoms with Gasteiger partial charge in [0.05, 0.1) is 17.1 Å². The fourth-order valence-electron chi connectivity index (χ4n) is 2.59. The van der Waals surface area contributed by atoms with E-state index in [1.807, 2.05) is 0 Å². The lowest BCUT2D eigenvalue weighted by Crippen LogP contribution is -2.07. The molecule has 25 heavy (non-hydrogen) atoms. The number of sulfone groups is 1. The summed E-state index contributed by atoms with van der Waals surface area (Å²) in [6.07, 6.45) is -3.33. The average Bonchev–Trinajstić information content (AvgIpc) is 3.11. The van der Waals surface area contributed by atoms with Crippen LogP contribution in [0.15, 0.2) is 33.9 Å². The summed E-state index contributed by atoms with van der Waals surface area (Å²) in [5.41, 5.74) is 0.0208. The molecule has 1 aliphatic rings. The SMILES string of the molecule is O=S1(=O)CC[C@H](Cc2nnc(SCc3ccc(C(F)(F)F)cc3)o2)C1. The monoisotopic (exact) mass is 392 g/mol. The second-order valence-electron chi connectivity index (χ2n) is 5.92. The van der Waals surface area contributed by atoms with Gasteiger partial charge in [-0.15, -0.1) is 10.2 Å². The summed E-state index contributed by atoms with van der Waals surface area (Å²) in [6, 6.07) is 4.90. The fraction of sp³-hybridized carbons (Fsp3) is 0.467. The van der Waals surface area contributed by atoms with Crippen LogP contribution in [-0.4, -0.2) is 30.1 Å². The molecule has 0 N–H and O–H groups in total. The Balaban J connectivity index is 1.53. The lowest BCUT2D eigenvalue weighted by atomic mass is 10.1. The molecule has 0 bridgehead atoms. The lowest BCUT2D eigenvalue weighted by molar-refractivity contribution is -0.137. The van der Waals surface area contributed by atoms with Crippen LogP contribution in [0.2, 0.25) is 0 Å². The van der Waals surface area contributed by atoms with Crippen LogP contribution in [0.25, 0.3) is 0 Å². The number of rotatable bonds is 5. The van der Waals surface area contributed by atoms with Crippen molar-refractivity contribution in [2.75, 3.05) is 11.5 Å². The Morgan fingerprint density at radius 2 is 1.92 bits per heavy atom. The highest BCUT2D eigenvalue weighted by Crippen LogP contribution is 2.30. The Bertz CT molecular complexity index is 832. The predicted octanol–water partition coefficient (Wildman–Crippen LogP) is 3.36. The number of hydrogen-bond donors (Lipinski definition) is 0. The van der Waals surface area contributed by atoms with Crippen LogP contribution in [0.3, 0.4) is 0 Å². The summed E-state index contributed by atoms with van der Waals surface area (Å²) in [5, 5.41) is 8.10. The maximum Gasteiger partial charge on any atom is 0.416 e. The van der Waals surface area contributed by atoms with Gasteiger partial charge < -0.3 is 4.42 Å². The third kappa shape index (κ3) is 4.97. The van der Waals surface area contributed by atoms with Gasteiger partial charge in [-0.2, -0.15) is 13.2 Å². The highest BCUT2D eigenvalue weighted by molar-refractivity contribution is 7.98. The van der Waals surface area contributed by atoms with E-state index in [4.69, 9.17) is 4.42 Å². The molecule has 2 heterocycles. The normalized spacial score (nSPS) is 20.0. The summed E-state index contributed by atoms with van der Waals surface area (Å²) in [6.45, 7) is 0. The van der Waals surface area contributed by atoms with Gasteiger partial charge in [0.25, 0.3) is 5.22 Å². The average molecular weight is 392 g/mol. The molecule has 0 unspecified atom stereocenters. The fourth-order valence-corrected chi connectivity index (χ4v) is 5.19. The smallest absolute Gasteiger partial charge is 0.416 e. The number of benzene rings is 1. The van der Waals surface area contributed by atoms with Crippen molar-refractivity contribution >= 4 is 21.6 Å². The van der Waals surface area contributed by atoms with E-state index in [0.29, 0.717) is 35.3 Å². The van der Waals surface area contributed by atoms with Crippen molar-refractivity contribution in [1.29, 1.82) is 0 Å². The molecule has 0 radical (unpaired) electrons. The van der Waals surface area contributed by atoms with Gasteiger partial charge in [-0.1, -0.05) is 23.9 Å². The van der Waals surface area contributed by atoms with E-state index in [-0.39, 0.29) is 17.4 Å². The number of aromatic nitrogens is 2. The van der Waals surface area contributed by atoms with E-state index >= 15 is 0 Å². The molecule has 1 fully saturated rings. The van der Waals surface area contributed by atoms with Gasteiger partial charge in [0.15, 0.2) is 9.84 Å². The number of halogens is 3. The molecular weight excluding hydrogens is 377 g/mol. The Morgan fingerprint density at radius 3 is 2.52 bits per heavy atom. The molecule has 1 atom stereocenters. The second-order valence-corrected chi connectivity index (χ2v) is 9.07. The molecular formula is C15H15F3N2O3S2. The quantitative estimate of drug-likeness (QED) is 0.727. The van der Waals surface area contributed by atoms with Crippen molar-refractivity contribution in [2.24, 2.45) is 5.92 Å². The van der Waals surface area contributed by atoms with Gasteiger partial charge in [0, 0.05) is 12.2 Å². The zero-order valence-corrected chi connectivity index (χ0v) is 14.6. The maximum atomic E-state index is 12.5. The number of alkyl halides is 3. The Morgan fingerprint density at radius 1 is 1.20 bits per heavy atom. The molecule has 10 heteroatoms. The maximum absolute atomic E-state index is 12.5. The third-order valence-electron chi connectivity index (χ3n) is 3.88. The molecule has 2 aromatic rings. The number of nitrogens with zero attached hydrogens (tertiary/aromatic N) is 2. The Kier molecular flexibility index (Phi) is 5.10. The van der Waals surface area contributed by atoms with Crippen molar-refractivity contribution < 1.29 is 26.0 Å². The van der Waals surface area contributed by atoms with E-state index in [9.17, 15) is 21.6 Å². The Hall–Kier alpha value is -1.55. The summed E-state index contributed by atoms with van der Waals surface area (Å²) in [4.78, 5) is 0. The molecule has 1 aromatic carbocycles. The van der Waals surface area contributed by atoms with E-state index < -0.39 is 21.6 Å². The van der Waals surface area contributed by atoms with Gasteiger partial charge in [0.2, 0.25) is 5.89 Å². The van der Waals surface area contributed by atoms with E-state index in [0.717, 1.165) is 12.1 Å². The van der Waals surface area contributed by atoms with Gasteiger partial charge in [0.1, 0.15) is 0 Å². The number of thioether (sulfide) groups is 1. The third-order valence-corrected chi connectivity index (χ3v) is 6.61. The molecule has 0 spiro atoms. The molecule has 0 saturated carbocycles. The zero-order valence-electron chi connectivity index (χ0n) is 13.0. The standard InChI is InChI=1S/C15H15F3N2O3S2/c16-15(17,18)12-3-1-10(2-4-12)8-24-14-20-19-13(23-14)7-11-5-6-25(21,22)9-11/h1-4,11H,5-9H2/t11-/m1/s1. The lowest BCUT2D eigenvalue weighted by Gasteiger charge is -2.06. The van der Waals surface area contributed by atoms with Gasteiger partial charge >= 0.3 is 6.18 Å². The van der Waals surface area contributed by atoms with E-state index in [1.165, 1.54) is 23.9 Å². The molecule has 0 aliphatic carbocycles. The molecule has 0 amide bonds. The first-order chi connectivity index (χ1) is 11.7. The van der Waals surface area contributed by atoms with E-state index in [1.54, 1.807) is 0 Å². The van der Waals surface area contributed by atoms with E-state index in [2.05, 4.69) is 10.2 Å². The Labute approximate surface area is 146 Å². The molecule has 136 valence electrons. The van der Waals surface area contributed by atoms with Gasteiger partial charge in [-0.3, -0.25) is 0 Å². The van der Waals surface area contributed by atoms with Crippen LogP contribution in [0.1, 0.15) is 23.4 Å². The topological polar surface area (TPSA) is 73.1 Å². The van der Waals surface area contributed by atoms with Crippen molar-refractivity contribution in [2.45, 2.75) is 30.0 Å². The summed E-state index contributed by atoms with van der Waals surface area (Å²) in [7, 11) is -2.94. The highest BCUT2D eigenvalue weighted by Gasteiger charge is 2.30. The summed E-state index contributed by atoms with van der Waals surface area (Å²) < 4.78 is 65.9. The van der Waals surface area contributed by atoms with Crippen molar-refractivity contribution in [1.82, 2.24) is 10.2 Å². The van der Waals surface area contributed by atoms with Crippen LogP contribution in [-0.2, 0) is 28.2 Å². The minimum Gasteiger partial charge on any atom is -0.416 e. The van der Waals surface area contributed by atoms with Crippen LogP contribution in [0.5, 0.6) is 0 Å². The molecule has 5 nitrogen and oxygen atoms in total. The van der Waals surface area contributed by atoms with Gasteiger partial charge in [-0.05, 0) is 30.0 Å². The first-order valence-electron chi connectivity index (χ1n) is 7.53. The van der Waals surface area contributed by atoms with Gasteiger partial charge in [-0.25, -0.2) is 8.42 Å². The zero-order chi connectivity index (χ0) is 18.1. The van der Waals surface area contributed by atoms with Crippen molar-refractivity contribution in [3.8, 4) is 0 Å². The van der Waals surface area contributed by atoms with Crippen molar-refractivity contribution in [3.63, 3.8) is 0 Å².